The molecule has 0 atom stereocenters. The van der Waals surface area contributed by atoms with E-state index >= 15 is 0 Å². The molecule has 3 rings (SSSR count). The average Bonchev–Trinajstić information content (AvgIpc) is 2.53. The Kier molecular flexibility index (Phi) is 5.00. The van der Waals surface area contributed by atoms with Crippen LogP contribution in [-0.2, 0) is 9.47 Å². The largest absolute Gasteiger partial charge is 0.348 e. The van der Waals surface area contributed by atoms with Gasteiger partial charge >= 0.3 is 0 Å². The number of benzene rings is 1. The predicted octanol–water partition coefficient (Wildman–Crippen LogP) is 4.25. The Morgan fingerprint density at radius 2 is 1.41 bits per heavy atom. The zero-order valence-electron chi connectivity index (χ0n) is 12.1. The summed E-state index contributed by atoms with van der Waals surface area (Å²) in [6.07, 6.45) is 3.58. The van der Waals surface area contributed by atoms with Crippen LogP contribution in [0.25, 0.3) is 0 Å². The lowest BCUT2D eigenvalue weighted by Crippen LogP contribution is -2.34. The lowest BCUT2D eigenvalue weighted by Gasteiger charge is -2.37. The quantitative estimate of drug-likeness (QED) is 0.644. The van der Waals surface area contributed by atoms with E-state index in [0.29, 0.717) is 30.3 Å². The van der Waals surface area contributed by atoms with E-state index in [2.05, 4.69) is 12.6 Å². The van der Waals surface area contributed by atoms with Gasteiger partial charge in [0.2, 0.25) is 0 Å². The minimum Gasteiger partial charge on any atom is -0.348 e. The second kappa shape index (κ2) is 6.81. The molecular weight excluding hydrogens is 313 g/mol. The summed E-state index contributed by atoms with van der Waals surface area (Å²) in [5.74, 6) is -3.08. The normalized spacial score (nSPS) is 32.9. The van der Waals surface area contributed by atoms with E-state index in [9.17, 15) is 13.2 Å². The van der Waals surface area contributed by atoms with Gasteiger partial charge in [0, 0.05) is 16.7 Å². The molecule has 2 aliphatic rings. The van der Waals surface area contributed by atoms with Gasteiger partial charge in [-0.25, -0.2) is 13.2 Å². The van der Waals surface area contributed by atoms with E-state index < -0.39 is 23.7 Å². The summed E-state index contributed by atoms with van der Waals surface area (Å²) >= 11 is 4.49. The molecule has 6 heteroatoms. The number of ether oxygens (including phenoxy) is 2. The highest BCUT2D eigenvalue weighted by molar-refractivity contribution is 7.80. The van der Waals surface area contributed by atoms with Crippen LogP contribution in [0.3, 0.4) is 0 Å². The van der Waals surface area contributed by atoms with E-state index in [1.165, 1.54) is 0 Å². The molecule has 1 aliphatic carbocycles. The van der Waals surface area contributed by atoms with E-state index in [-0.39, 0.29) is 5.56 Å². The highest BCUT2D eigenvalue weighted by Crippen LogP contribution is 2.36. The Morgan fingerprint density at radius 1 is 0.864 bits per heavy atom. The van der Waals surface area contributed by atoms with E-state index in [4.69, 9.17) is 9.47 Å². The van der Waals surface area contributed by atoms with Crippen LogP contribution in [0.15, 0.2) is 12.1 Å². The predicted molar refractivity (Wildman–Crippen MR) is 79.2 cm³/mol. The molecule has 0 bridgehead atoms. The van der Waals surface area contributed by atoms with Crippen LogP contribution >= 0.6 is 12.6 Å². The van der Waals surface area contributed by atoms with Crippen molar-refractivity contribution in [3.63, 3.8) is 0 Å². The van der Waals surface area contributed by atoms with Gasteiger partial charge in [-0.3, -0.25) is 0 Å². The molecule has 1 aromatic rings. The molecule has 0 aromatic heterocycles. The molecule has 22 heavy (non-hydrogen) atoms. The first-order valence-corrected chi connectivity index (χ1v) is 8.12. The molecule has 2 nitrogen and oxygen atoms in total. The maximum absolute atomic E-state index is 13.3. The van der Waals surface area contributed by atoms with Crippen molar-refractivity contribution in [2.75, 3.05) is 13.2 Å². The molecule has 1 saturated carbocycles. The monoisotopic (exact) mass is 332 g/mol. The smallest absolute Gasteiger partial charge is 0.194 e. The maximum atomic E-state index is 13.3. The molecule has 1 aromatic carbocycles. The topological polar surface area (TPSA) is 18.5 Å². The van der Waals surface area contributed by atoms with Gasteiger partial charge in [-0.15, -0.1) is 0 Å². The molecule has 1 heterocycles. The lowest BCUT2D eigenvalue weighted by atomic mass is 9.80. The zero-order valence-corrected chi connectivity index (χ0v) is 13.0. The van der Waals surface area contributed by atoms with Crippen molar-refractivity contribution in [3.05, 3.63) is 35.1 Å². The second-order valence-corrected chi connectivity index (χ2v) is 6.86. The van der Waals surface area contributed by atoms with Crippen molar-refractivity contribution < 1.29 is 22.6 Å². The van der Waals surface area contributed by atoms with Gasteiger partial charge in [0.25, 0.3) is 0 Å². The minimum absolute atomic E-state index is 0.175. The van der Waals surface area contributed by atoms with Crippen LogP contribution in [0.2, 0.25) is 0 Å². The molecule has 0 spiro atoms. The third kappa shape index (κ3) is 3.44. The van der Waals surface area contributed by atoms with Gasteiger partial charge in [0.05, 0.1) is 13.2 Å². The molecule has 1 aliphatic heterocycles. The first-order chi connectivity index (χ1) is 10.5. The number of hydrogen-bond donors (Lipinski definition) is 1. The van der Waals surface area contributed by atoms with Crippen LogP contribution in [0, 0.1) is 29.3 Å². The number of hydrogen-bond acceptors (Lipinski definition) is 3. The van der Waals surface area contributed by atoms with Crippen LogP contribution < -0.4 is 0 Å². The highest BCUT2D eigenvalue weighted by atomic mass is 32.1. The Morgan fingerprint density at radius 3 is 1.95 bits per heavy atom. The van der Waals surface area contributed by atoms with E-state index in [1.54, 1.807) is 0 Å². The second-order valence-electron chi connectivity index (χ2n) is 6.13. The van der Waals surface area contributed by atoms with Crippen LogP contribution in [-0.4, -0.2) is 18.5 Å². The van der Waals surface area contributed by atoms with Gasteiger partial charge in [0.15, 0.2) is 23.7 Å². The van der Waals surface area contributed by atoms with Crippen molar-refractivity contribution in [1.82, 2.24) is 0 Å². The fourth-order valence-corrected chi connectivity index (χ4v) is 3.57. The Balaban J connectivity index is 1.60. The summed E-state index contributed by atoms with van der Waals surface area (Å²) < 4.78 is 50.7. The first kappa shape index (κ1) is 16.1. The molecule has 1 saturated heterocycles. The Hall–Kier alpha value is -0.720. The Bertz CT molecular complexity index is 501. The summed E-state index contributed by atoms with van der Waals surface area (Å²) in [4.78, 5) is 0. The average molecular weight is 332 g/mol. The summed E-state index contributed by atoms with van der Waals surface area (Å²) in [5.41, 5.74) is 0.175. The zero-order chi connectivity index (χ0) is 15.7. The van der Waals surface area contributed by atoms with Crippen molar-refractivity contribution >= 4 is 12.6 Å². The van der Waals surface area contributed by atoms with E-state index in [0.717, 1.165) is 37.8 Å². The Labute approximate surface area is 133 Å². The van der Waals surface area contributed by atoms with Crippen LogP contribution in [0.5, 0.6) is 0 Å². The number of thiol groups is 1. The maximum Gasteiger partial charge on any atom is 0.194 e. The minimum atomic E-state index is -1.47. The standard InChI is InChI=1S/C16H19F3O2S/c17-13-5-10(6-14(18)15(13)19)16-20-7-11(8-21-16)9-1-3-12(22)4-2-9/h5-6,9,11-12,16,22H,1-4,7-8H2. The third-order valence-corrected chi connectivity index (χ3v) is 5.13. The first-order valence-electron chi connectivity index (χ1n) is 7.60. The summed E-state index contributed by atoms with van der Waals surface area (Å²) in [6.45, 7) is 0.986. The van der Waals surface area contributed by atoms with Crippen molar-refractivity contribution in [2.45, 2.75) is 37.2 Å². The molecule has 2 fully saturated rings. The van der Waals surface area contributed by atoms with Crippen LogP contribution in [0.1, 0.15) is 37.5 Å². The van der Waals surface area contributed by atoms with Crippen molar-refractivity contribution in [2.24, 2.45) is 11.8 Å². The molecule has 122 valence electrons. The van der Waals surface area contributed by atoms with Gasteiger partial charge in [-0.05, 0) is 43.7 Å². The molecule has 0 amide bonds. The number of rotatable bonds is 2. The van der Waals surface area contributed by atoms with Crippen LogP contribution in [0.4, 0.5) is 13.2 Å². The number of halogens is 3. The van der Waals surface area contributed by atoms with Crippen molar-refractivity contribution in [3.8, 4) is 0 Å². The summed E-state index contributed by atoms with van der Waals surface area (Å²) in [7, 11) is 0. The van der Waals surface area contributed by atoms with E-state index in [1.807, 2.05) is 0 Å². The third-order valence-electron chi connectivity index (χ3n) is 4.61. The molecule has 0 radical (unpaired) electrons. The molecular formula is C16H19F3O2S. The summed E-state index contributed by atoms with van der Waals surface area (Å²) in [5, 5.41) is 0.486. The van der Waals surface area contributed by atoms with Gasteiger partial charge in [-0.2, -0.15) is 12.6 Å². The van der Waals surface area contributed by atoms with Gasteiger partial charge in [0.1, 0.15) is 0 Å². The summed E-state index contributed by atoms with van der Waals surface area (Å²) in [6, 6.07) is 1.85. The van der Waals surface area contributed by atoms with Gasteiger partial charge < -0.3 is 9.47 Å². The van der Waals surface area contributed by atoms with Crippen molar-refractivity contribution in [1.29, 1.82) is 0 Å². The fraction of sp³-hybridized carbons (Fsp3) is 0.625. The fourth-order valence-electron chi connectivity index (χ4n) is 3.27. The van der Waals surface area contributed by atoms with Gasteiger partial charge in [-0.1, -0.05) is 0 Å². The highest BCUT2D eigenvalue weighted by Gasteiger charge is 2.32. The molecule has 0 N–H and O–H groups in total. The SMILES string of the molecule is Fc1cc(C2OCC(C3CCC(S)CC3)CO2)cc(F)c1F. The molecule has 0 unspecified atom stereocenters. The lowest BCUT2D eigenvalue weighted by molar-refractivity contribution is -0.214.